The lowest BCUT2D eigenvalue weighted by molar-refractivity contribution is 0.0485. The van der Waals surface area contributed by atoms with E-state index in [1.165, 1.54) is 8.80 Å². The first-order chi connectivity index (χ1) is 30.7. The van der Waals surface area contributed by atoms with Crippen molar-refractivity contribution in [2.45, 2.75) is 12.8 Å². The molecule has 0 saturated carbocycles. The van der Waals surface area contributed by atoms with Crippen molar-refractivity contribution >= 4 is 97.7 Å². The molecule has 0 saturated heterocycles. The second-order valence-corrected chi connectivity index (χ2v) is 18.0. The molecule has 0 radical (unpaired) electrons. The van der Waals surface area contributed by atoms with Crippen LogP contribution >= 0.6 is 0 Å². The Morgan fingerprint density at radius 3 is 1.30 bits per heavy atom. The first-order valence-electron chi connectivity index (χ1n) is 20.2. The van der Waals surface area contributed by atoms with Crippen LogP contribution in [0, 0.1) is 0 Å². The summed E-state index contributed by atoms with van der Waals surface area (Å²) in [6.45, 7) is 1.99. The smallest absolute Gasteiger partial charge is 0.264 e. The number of fused-ring (bicyclic) bond motifs is 8. The maximum atomic E-state index is 14.2. The number of ether oxygens (including phenoxy) is 4. The molecule has 0 aliphatic heterocycles. The number of amides is 2. The zero-order valence-corrected chi connectivity index (χ0v) is 35.7. The van der Waals surface area contributed by atoms with Crippen molar-refractivity contribution in [3.8, 4) is 0 Å². The summed E-state index contributed by atoms with van der Waals surface area (Å²) in [5.74, 6) is -1.51. The second-order valence-electron chi connectivity index (χ2n) is 14.9. The second kappa shape index (κ2) is 18.6. The Labute approximate surface area is 363 Å². The zero-order chi connectivity index (χ0) is 45.2. The molecule has 20 nitrogen and oxygen atoms in total. The lowest BCUT2D eigenvalue weighted by Crippen LogP contribution is -2.27. The van der Waals surface area contributed by atoms with Gasteiger partial charge in [0.05, 0.1) is 73.2 Å². The van der Waals surface area contributed by atoms with Gasteiger partial charge in [-0.2, -0.15) is 16.8 Å². The number of nitrogens with zero attached hydrogens (tertiary/aromatic N) is 4. The Morgan fingerprint density at radius 1 is 0.531 bits per heavy atom. The summed E-state index contributed by atoms with van der Waals surface area (Å²) in [5.41, 5.74) is 2.49. The maximum absolute atomic E-state index is 14.2. The molecule has 64 heavy (non-hydrogen) atoms. The van der Waals surface area contributed by atoms with E-state index in [0.29, 0.717) is 76.8 Å². The fourth-order valence-electron chi connectivity index (χ4n) is 7.69. The predicted octanol–water partition coefficient (Wildman–Crippen LogP) is 2.43. The van der Waals surface area contributed by atoms with Crippen molar-refractivity contribution in [2.24, 2.45) is 0 Å². The molecule has 0 unspecified atom stereocenters. The minimum Gasteiger partial charge on any atom is -0.379 e. The average Bonchev–Trinajstić information content (AvgIpc) is 3.84. The highest BCUT2D eigenvalue weighted by atomic mass is 32.2. The number of carbonyl (C=O) groups is 2. The third-order valence-electron chi connectivity index (χ3n) is 10.5. The lowest BCUT2D eigenvalue weighted by atomic mass is 9.96. The van der Waals surface area contributed by atoms with Gasteiger partial charge in [-0.3, -0.25) is 37.1 Å². The van der Waals surface area contributed by atoms with Crippen LogP contribution in [-0.2, 0) is 39.2 Å². The molecule has 0 spiro atoms. The first kappa shape index (κ1) is 44.6. The summed E-state index contributed by atoms with van der Waals surface area (Å²) in [5, 5.41) is 8.68. The monoisotopic (exact) mass is 918 g/mol. The van der Waals surface area contributed by atoms with E-state index in [1.807, 2.05) is 0 Å². The van der Waals surface area contributed by atoms with Gasteiger partial charge in [-0.05, 0) is 73.5 Å². The highest BCUT2D eigenvalue weighted by Crippen LogP contribution is 2.37. The Hall–Kier alpha value is -5.98. The SMILES string of the molecule is O=C(NCCOCCOCCCS(=O)(=O)O)c1ccc2c(c1)nc1c3ccc4c(=O)n5c6ccc(C(=O)NCCOCCOCCCS(=O)(=O)O)cc6nc5c5ccc(c(=O)n21)c3c45. The lowest BCUT2D eigenvalue weighted by Gasteiger charge is -2.12. The Balaban J connectivity index is 0.972. The van der Waals surface area contributed by atoms with Gasteiger partial charge in [0.2, 0.25) is 0 Å². The fraction of sp³-hybridized carbons (Fsp3) is 0.333. The number of pyridine rings is 2. The van der Waals surface area contributed by atoms with Crippen LogP contribution in [0.4, 0.5) is 0 Å². The van der Waals surface area contributed by atoms with Crippen molar-refractivity contribution in [3.63, 3.8) is 0 Å². The first-order valence-corrected chi connectivity index (χ1v) is 23.4. The number of nitrogens with one attached hydrogen (secondary N) is 2. The predicted molar refractivity (Wildman–Crippen MR) is 236 cm³/mol. The van der Waals surface area contributed by atoms with Gasteiger partial charge in [0.1, 0.15) is 11.3 Å². The minimum absolute atomic E-state index is 0.153. The molecule has 22 heteroatoms. The van der Waals surface area contributed by atoms with Gasteiger partial charge < -0.3 is 29.6 Å². The number of aromatic nitrogens is 4. The Kier molecular flexibility index (Phi) is 13.0. The van der Waals surface area contributed by atoms with E-state index in [2.05, 4.69) is 10.6 Å². The number of benzene rings is 4. The fourth-order valence-corrected chi connectivity index (χ4v) is 8.65. The van der Waals surface area contributed by atoms with Gasteiger partial charge in [0, 0.05) is 69.7 Å². The molecule has 4 aromatic carbocycles. The molecular weight excluding hydrogens is 877 g/mol. The summed E-state index contributed by atoms with van der Waals surface area (Å²) in [7, 11) is -8.05. The molecule has 336 valence electrons. The summed E-state index contributed by atoms with van der Waals surface area (Å²) < 4.78 is 85.0. The van der Waals surface area contributed by atoms with Crippen molar-refractivity contribution < 1.29 is 54.5 Å². The summed E-state index contributed by atoms with van der Waals surface area (Å²) >= 11 is 0. The van der Waals surface area contributed by atoms with E-state index in [9.17, 15) is 36.0 Å². The standard InChI is InChI=1S/C42H42N6O14S2/c49-39(43-11-15-61-19-17-59-13-1-21-63(53,54)55)25-3-9-33-31(23-25)45-37-27-5-7-30-36-28(6-8-29(35(27)36)41(51)47(33)37)38-46-32-24-26(4-10-34(32)48(38)42(30)52)40(50)44-12-16-62-20-18-60-14-2-22-64(56,57)58/h3-10,23-24H,1-2,11-22H2,(H,43,49)(H,44,50)(H,53,54,55)(H,56,57,58). The number of hydrogen-bond donors (Lipinski definition) is 4. The normalized spacial score (nSPS) is 12.6. The summed E-state index contributed by atoms with van der Waals surface area (Å²) in [6.07, 6.45) is 0.319. The van der Waals surface area contributed by atoms with E-state index in [0.717, 1.165) is 0 Å². The van der Waals surface area contributed by atoms with Crippen molar-refractivity contribution in [3.05, 3.63) is 92.5 Å². The van der Waals surface area contributed by atoms with Crippen LogP contribution in [0.25, 0.3) is 65.7 Å². The summed E-state index contributed by atoms with van der Waals surface area (Å²) in [4.78, 5) is 64.2. The zero-order valence-electron chi connectivity index (χ0n) is 34.1. The van der Waals surface area contributed by atoms with Crippen molar-refractivity contribution in [1.29, 1.82) is 0 Å². The van der Waals surface area contributed by atoms with Gasteiger partial charge in [-0.15, -0.1) is 0 Å². The Bertz CT molecular complexity index is 3190. The van der Waals surface area contributed by atoms with Crippen LogP contribution in [-0.4, -0.2) is 134 Å². The maximum Gasteiger partial charge on any atom is 0.264 e. The number of imidazole rings is 2. The highest BCUT2D eigenvalue weighted by molar-refractivity contribution is 7.86. The molecule has 8 aromatic rings. The topological polar surface area (TPSA) is 273 Å². The van der Waals surface area contributed by atoms with Gasteiger partial charge in [0.25, 0.3) is 43.2 Å². The van der Waals surface area contributed by atoms with Crippen molar-refractivity contribution in [2.75, 3.05) is 77.5 Å². The van der Waals surface area contributed by atoms with Crippen LogP contribution in [0.3, 0.4) is 0 Å². The molecule has 4 heterocycles. The highest BCUT2D eigenvalue weighted by Gasteiger charge is 2.23. The molecule has 2 amide bonds. The van der Waals surface area contributed by atoms with Crippen LogP contribution in [0.5, 0.6) is 0 Å². The Morgan fingerprint density at radius 2 is 0.906 bits per heavy atom. The quantitative estimate of drug-likeness (QED) is 0.0432. The minimum atomic E-state index is -4.03. The number of hydrogen-bond acceptors (Lipinski definition) is 14. The average molecular weight is 919 g/mol. The van der Waals surface area contributed by atoms with Gasteiger partial charge in [-0.25, -0.2) is 9.97 Å². The van der Waals surface area contributed by atoms with Crippen molar-refractivity contribution in [1.82, 2.24) is 29.4 Å². The largest absolute Gasteiger partial charge is 0.379 e. The molecule has 0 bridgehead atoms. The van der Waals surface area contributed by atoms with Crippen LogP contribution in [0.2, 0.25) is 0 Å². The molecule has 0 aliphatic carbocycles. The van der Waals surface area contributed by atoms with Gasteiger partial charge in [-0.1, -0.05) is 0 Å². The molecule has 4 aromatic heterocycles. The summed E-state index contributed by atoms with van der Waals surface area (Å²) in [6, 6.07) is 16.7. The molecule has 0 atom stereocenters. The van der Waals surface area contributed by atoms with Gasteiger partial charge in [0.15, 0.2) is 0 Å². The molecule has 0 aliphatic rings. The van der Waals surface area contributed by atoms with E-state index < -0.39 is 20.2 Å². The third-order valence-corrected chi connectivity index (χ3v) is 12.1. The van der Waals surface area contributed by atoms with Crippen LogP contribution < -0.4 is 21.8 Å². The molecule has 0 fully saturated rings. The van der Waals surface area contributed by atoms with Crippen LogP contribution in [0.1, 0.15) is 33.6 Å². The third kappa shape index (κ3) is 9.44. The number of rotatable bonds is 22. The molecule has 8 rings (SSSR count). The number of carbonyl (C=O) groups excluding carboxylic acids is 2. The van der Waals surface area contributed by atoms with E-state index in [-0.39, 0.29) is 113 Å². The van der Waals surface area contributed by atoms with E-state index >= 15 is 0 Å². The van der Waals surface area contributed by atoms with E-state index in [4.69, 9.17) is 38.0 Å². The molecular formula is C42H42N6O14S2. The van der Waals surface area contributed by atoms with E-state index in [1.54, 1.807) is 60.7 Å². The van der Waals surface area contributed by atoms with Gasteiger partial charge >= 0.3 is 0 Å². The molecule has 4 N–H and O–H groups in total. The van der Waals surface area contributed by atoms with Crippen LogP contribution in [0.15, 0.2) is 70.3 Å².